The van der Waals surface area contributed by atoms with Gasteiger partial charge in [-0.1, -0.05) is 0 Å². The van der Waals surface area contributed by atoms with Crippen LogP contribution < -0.4 is 10.6 Å². The molecule has 0 radical (unpaired) electrons. The van der Waals surface area contributed by atoms with Gasteiger partial charge in [-0.05, 0) is 30.9 Å². The third-order valence-electron chi connectivity index (χ3n) is 3.56. The lowest BCUT2D eigenvalue weighted by Gasteiger charge is -2.21. The lowest BCUT2D eigenvalue weighted by atomic mass is 10.1. The van der Waals surface area contributed by atoms with Crippen LogP contribution in [0, 0.1) is 11.7 Å². The van der Waals surface area contributed by atoms with Crippen LogP contribution in [-0.2, 0) is 9.47 Å². The first-order valence-corrected chi connectivity index (χ1v) is 6.99. The second kappa shape index (κ2) is 6.76. The van der Waals surface area contributed by atoms with E-state index in [1.165, 1.54) is 26.0 Å². The molecule has 1 saturated carbocycles. The van der Waals surface area contributed by atoms with Gasteiger partial charge in [-0.25, -0.2) is 9.18 Å². The summed E-state index contributed by atoms with van der Waals surface area (Å²) in [4.78, 5) is 13.3. The molecule has 1 aromatic carbocycles. The fourth-order valence-electron chi connectivity index (χ4n) is 2.01. The number of benzene rings is 1. The molecule has 0 unspecified atom stereocenters. The van der Waals surface area contributed by atoms with Crippen LogP contribution in [0.25, 0.3) is 0 Å². The molecule has 2 N–H and O–H groups in total. The molecule has 0 saturated heterocycles. The Morgan fingerprint density at radius 1 is 1.48 bits per heavy atom. The molecule has 21 heavy (non-hydrogen) atoms. The molecule has 116 valence electrons. The van der Waals surface area contributed by atoms with Crippen molar-refractivity contribution in [2.75, 3.05) is 44.5 Å². The van der Waals surface area contributed by atoms with E-state index in [-0.39, 0.29) is 11.3 Å². The van der Waals surface area contributed by atoms with Crippen molar-refractivity contribution in [1.29, 1.82) is 0 Å². The first-order valence-electron chi connectivity index (χ1n) is 6.99. The van der Waals surface area contributed by atoms with Crippen molar-refractivity contribution >= 4 is 17.3 Å². The van der Waals surface area contributed by atoms with Crippen LogP contribution in [0.2, 0.25) is 0 Å². The Balaban J connectivity index is 2.00. The minimum absolute atomic E-state index is 0.0708. The van der Waals surface area contributed by atoms with Crippen LogP contribution in [0.1, 0.15) is 23.2 Å². The highest BCUT2D eigenvalue weighted by atomic mass is 19.1. The van der Waals surface area contributed by atoms with E-state index in [1.807, 2.05) is 0 Å². The van der Waals surface area contributed by atoms with Gasteiger partial charge in [0.25, 0.3) is 0 Å². The van der Waals surface area contributed by atoms with Crippen LogP contribution in [0.5, 0.6) is 0 Å². The maximum Gasteiger partial charge on any atom is 0.340 e. The summed E-state index contributed by atoms with van der Waals surface area (Å²) in [5.41, 5.74) is 6.19. The summed E-state index contributed by atoms with van der Waals surface area (Å²) in [5.74, 6) is -0.341. The average molecular weight is 296 g/mol. The number of likely N-dealkylation sites (N-methyl/N-ethyl adjacent to an activating group) is 1. The smallest absolute Gasteiger partial charge is 0.340 e. The van der Waals surface area contributed by atoms with Gasteiger partial charge in [-0.15, -0.1) is 0 Å². The number of hydrogen-bond donors (Lipinski definition) is 1. The summed E-state index contributed by atoms with van der Waals surface area (Å²) in [5, 5.41) is 0. The van der Waals surface area contributed by atoms with E-state index < -0.39 is 11.8 Å². The van der Waals surface area contributed by atoms with Gasteiger partial charge in [-0.3, -0.25) is 0 Å². The van der Waals surface area contributed by atoms with Crippen molar-refractivity contribution in [3.05, 3.63) is 23.5 Å². The third-order valence-corrected chi connectivity index (χ3v) is 3.56. The molecule has 0 spiro atoms. The van der Waals surface area contributed by atoms with Gasteiger partial charge in [0.05, 0.1) is 25.0 Å². The molecule has 0 aromatic heterocycles. The number of rotatable bonds is 7. The van der Waals surface area contributed by atoms with Crippen LogP contribution in [0.4, 0.5) is 15.8 Å². The lowest BCUT2D eigenvalue weighted by molar-refractivity contribution is 0.0602. The van der Waals surface area contributed by atoms with E-state index in [4.69, 9.17) is 10.5 Å². The minimum Gasteiger partial charge on any atom is -0.465 e. The highest BCUT2D eigenvalue weighted by molar-refractivity contribution is 5.96. The molecule has 1 fully saturated rings. The SMILES string of the molecule is COC(=O)c1cc(N(C)CCOCC2CC2)c(F)cc1N. The largest absolute Gasteiger partial charge is 0.465 e. The molecule has 1 aliphatic carbocycles. The topological polar surface area (TPSA) is 64.8 Å². The zero-order valence-corrected chi connectivity index (χ0v) is 12.4. The first kappa shape index (κ1) is 15.6. The Hall–Kier alpha value is -1.82. The Labute approximate surface area is 123 Å². The summed E-state index contributed by atoms with van der Waals surface area (Å²) >= 11 is 0. The number of methoxy groups -OCH3 is 1. The van der Waals surface area contributed by atoms with E-state index in [1.54, 1.807) is 11.9 Å². The van der Waals surface area contributed by atoms with Crippen molar-refractivity contribution in [2.24, 2.45) is 5.92 Å². The number of hydrogen-bond acceptors (Lipinski definition) is 5. The lowest BCUT2D eigenvalue weighted by Crippen LogP contribution is -2.24. The number of nitrogens with zero attached hydrogens (tertiary/aromatic N) is 1. The van der Waals surface area contributed by atoms with E-state index in [0.717, 1.165) is 12.7 Å². The van der Waals surface area contributed by atoms with Crippen LogP contribution in [0.3, 0.4) is 0 Å². The van der Waals surface area contributed by atoms with Gasteiger partial charge in [-0.2, -0.15) is 0 Å². The zero-order valence-electron chi connectivity index (χ0n) is 12.4. The summed E-state index contributed by atoms with van der Waals surface area (Å²) in [6.07, 6.45) is 2.48. The molecule has 1 aromatic rings. The van der Waals surface area contributed by atoms with Gasteiger partial charge in [0, 0.05) is 25.9 Å². The Kier molecular flexibility index (Phi) is 5.01. The van der Waals surface area contributed by atoms with E-state index in [0.29, 0.717) is 24.8 Å². The highest BCUT2D eigenvalue weighted by Crippen LogP contribution is 2.29. The Morgan fingerprint density at radius 2 is 2.19 bits per heavy atom. The van der Waals surface area contributed by atoms with E-state index in [9.17, 15) is 9.18 Å². The number of carbonyl (C=O) groups excluding carboxylic acids is 1. The first-order chi connectivity index (χ1) is 10.0. The second-order valence-electron chi connectivity index (χ2n) is 5.32. The predicted molar refractivity (Wildman–Crippen MR) is 79.0 cm³/mol. The number of ether oxygens (including phenoxy) is 2. The molecular weight excluding hydrogens is 275 g/mol. The maximum atomic E-state index is 14.0. The molecule has 0 bridgehead atoms. The molecule has 2 rings (SSSR count). The van der Waals surface area contributed by atoms with Crippen LogP contribution in [-0.4, -0.2) is 39.9 Å². The van der Waals surface area contributed by atoms with Crippen LogP contribution >= 0.6 is 0 Å². The zero-order chi connectivity index (χ0) is 15.4. The Morgan fingerprint density at radius 3 is 2.81 bits per heavy atom. The number of nitrogen functional groups attached to an aromatic ring is 1. The average Bonchev–Trinajstić information content (AvgIpc) is 3.27. The molecule has 0 amide bonds. The minimum atomic E-state index is -0.577. The summed E-state index contributed by atoms with van der Waals surface area (Å²) < 4.78 is 24.2. The molecule has 6 heteroatoms. The highest BCUT2D eigenvalue weighted by Gasteiger charge is 2.21. The molecule has 0 heterocycles. The van der Waals surface area contributed by atoms with E-state index in [2.05, 4.69) is 4.74 Å². The second-order valence-corrected chi connectivity index (χ2v) is 5.32. The number of esters is 1. The summed E-state index contributed by atoms with van der Waals surface area (Å²) in [7, 11) is 3.01. The van der Waals surface area contributed by atoms with Gasteiger partial charge >= 0.3 is 5.97 Å². The van der Waals surface area contributed by atoms with E-state index >= 15 is 0 Å². The quantitative estimate of drug-likeness (QED) is 0.474. The van der Waals surface area contributed by atoms with Crippen molar-refractivity contribution in [3.63, 3.8) is 0 Å². The Bertz CT molecular complexity index is 518. The van der Waals surface area contributed by atoms with Gasteiger partial charge in [0.1, 0.15) is 5.82 Å². The van der Waals surface area contributed by atoms with Gasteiger partial charge in [0.15, 0.2) is 0 Å². The molecule has 0 atom stereocenters. The summed E-state index contributed by atoms with van der Waals surface area (Å²) in [6.45, 7) is 1.82. The number of anilines is 2. The number of halogens is 1. The molecule has 5 nitrogen and oxygen atoms in total. The number of carbonyl (C=O) groups is 1. The van der Waals surface area contributed by atoms with Gasteiger partial charge < -0.3 is 20.1 Å². The number of nitrogens with two attached hydrogens (primary N) is 1. The predicted octanol–water partition coefficient (Wildman–Crippen LogP) is 2.06. The molecule has 1 aliphatic rings. The fourth-order valence-corrected chi connectivity index (χ4v) is 2.01. The maximum absolute atomic E-state index is 14.0. The monoisotopic (exact) mass is 296 g/mol. The standard InChI is InChI=1S/C15H21FN2O3/c1-18(5-6-21-9-10-3-4-10)14-7-11(15(19)20-2)13(17)8-12(14)16/h7-8,10H,3-6,9,17H2,1-2H3. The molecular formula is C15H21FN2O3. The summed E-state index contributed by atoms with van der Waals surface area (Å²) in [6, 6.07) is 2.56. The van der Waals surface area contributed by atoms with Crippen molar-refractivity contribution in [1.82, 2.24) is 0 Å². The van der Waals surface area contributed by atoms with Gasteiger partial charge in [0.2, 0.25) is 0 Å². The van der Waals surface area contributed by atoms with Crippen molar-refractivity contribution in [2.45, 2.75) is 12.8 Å². The normalized spacial score (nSPS) is 14.0. The van der Waals surface area contributed by atoms with Crippen molar-refractivity contribution < 1.29 is 18.7 Å². The molecule has 0 aliphatic heterocycles. The van der Waals surface area contributed by atoms with Crippen molar-refractivity contribution in [3.8, 4) is 0 Å². The third kappa shape index (κ3) is 4.07. The fraction of sp³-hybridized carbons (Fsp3) is 0.533. The van der Waals surface area contributed by atoms with Crippen LogP contribution in [0.15, 0.2) is 12.1 Å².